The second kappa shape index (κ2) is 6.29. The lowest BCUT2D eigenvalue weighted by atomic mass is 9.99. The minimum Gasteiger partial charge on any atom is -0.296 e. The molecule has 1 nitrogen and oxygen atoms in total. The quantitative estimate of drug-likeness (QED) is 0.757. The van der Waals surface area contributed by atoms with Gasteiger partial charge in [0.05, 0.1) is 0 Å². The van der Waals surface area contributed by atoms with E-state index >= 15 is 0 Å². The van der Waals surface area contributed by atoms with E-state index in [0.29, 0.717) is 13.0 Å². The first-order valence-corrected chi connectivity index (χ1v) is 8.13. The molecule has 21 heavy (non-hydrogen) atoms. The Morgan fingerprint density at radius 2 is 1.95 bits per heavy atom. The smallest absolute Gasteiger partial charge is 0.114 e. The second-order valence-electron chi connectivity index (χ2n) is 5.73. The Hall–Kier alpha value is -1.19. The Kier molecular flexibility index (Phi) is 4.41. The first kappa shape index (κ1) is 14.7. The maximum atomic E-state index is 13.2. The molecule has 1 unspecified atom stereocenters. The van der Waals surface area contributed by atoms with Crippen molar-refractivity contribution in [3.05, 3.63) is 58.1 Å². The van der Waals surface area contributed by atoms with Crippen LogP contribution in [0.15, 0.2) is 46.9 Å². The number of hydrogen-bond acceptors (Lipinski definition) is 1. The summed E-state index contributed by atoms with van der Waals surface area (Å²) >= 11 is 3.58. The van der Waals surface area contributed by atoms with Gasteiger partial charge in [0.2, 0.25) is 0 Å². The molecule has 1 atom stereocenters. The monoisotopic (exact) mass is 347 g/mol. The van der Waals surface area contributed by atoms with E-state index in [1.165, 1.54) is 22.3 Å². The maximum absolute atomic E-state index is 13.2. The molecule has 2 aromatic rings. The molecule has 0 N–H and O–H groups in total. The topological polar surface area (TPSA) is 3.24 Å². The first-order chi connectivity index (χ1) is 10.1. The van der Waals surface area contributed by atoms with Gasteiger partial charge in [-0.15, -0.1) is 0 Å². The Balaban J connectivity index is 1.76. The SMILES string of the molecule is Cc1c(Br)cccc1-c1ccc(CN2CCC(F)C2)cc1. The molecule has 0 amide bonds. The first-order valence-electron chi connectivity index (χ1n) is 7.34. The summed E-state index contributed by atoms with van der Waals surface area (Å²) in [6.45, 7) is 4.41. The number of likely N-dealkylation sites (tertiary alicyclic amines) is 1. The van der Waals surface area contributed by atoms with Gasteiger partial charge in [0, 0.05) is 24.1 Å². The van der Waals surface area contributed by atoms with E-state index in [4.69, 9.17) is 0 Å². The lowest BCUT2D eigenvalue weighted by Gasteiger charge is -2.15. The summed E-state index contributed by atoms with van der Waals surface area (Å²) in [4.78, 5) is 2.18. The molecule has 0 aromatic heterocycles. The van der Waals surface area contributed by atoms with E-state index in [0.717, 1.165) is 17.6 Å². The molecule has 0 saturated carbocycles. The number of halogens is 2. The largest absolute Gasteiger partial charge is 0.296 e. The summed E-state index contributed by atoms with van der Waals surface area (Å²) in [7, 11) is 0. The normalized spacial score (nSPS) is 19.1. The second-order valence-corrected chi connectivity index (χ2v) is 6.58. The molecule has 2 aromatic carbocycles. The van der Waals surface area contributed by atoms with Crippen molar-refractivity contribution in [3.63, 3.8) is 0 Å². The van der Waals surface area contributed by atoms with Crippen LogP contribution in [-0.4, -0.2) is 24.2 Å². The van der Waals surface area contributed by atoms with Gasteiger partial charge in [-0.05, 0) is 41.7 Å². The number of alkyl halides is 1. The van der Waals surface area contributed by atoms with Crippen molar-refractivity contribution in [2.24, 2.45) is 0 Å². The zero-order valence-electron chi connectivity index (χ0n) is 12.2. The highest BCUT2D eigenvalue weighted by Gasteiger charge is 2.21. The zero-order valence-corrected chi connectivity index (χ0v) is 13.7. The van der Waals surface area contributed by atoms with Crippen molar-refractivity contribution < 1.29 is 4.39 Å². The van der Waals surface area contributed by atoms with Crippen molar-refractivity contribution >= 4 is 15.9 Å². The third-order valence-electron chi connectivity index (χ3n) is 4.15. The van der Waals surface area contributed by atoms with Crippen LogP contribution in [0.2, 0.25) is 0 Å². The Morgan fingerprint density at radius 3 is 2.62 bits per heavy atom. The van der Waals surface area contributed by atoms with Crippen LogP contribution in [0, 0.1) is 6.92 Å². The van der Waals surface area contributed by atoms with E-state index in [9.17, 15) is 4.39 Å². The number of hydrogen-bond donors (Lipinski definition) is 0. The van der Waals surface area contributed by atoms with E-state index in [1.54, 1.807) is 0 Å². The molecule has 1 aliphatic heterocycles. The van der Waals surface area contributed by atoms with Crippen LogP contribution in [0.5, 0.6) is 0 Å². The van der Waals surface area contributed by atoms with Crippen LogP contribution in [0.25, 0.3) is 11.1 Å². The fourth-order valence-electron chi connectivity index (χ4n) is 2.90. The van der Waals surface area contributed by atoms with Gasteiger partial charge in [-0.1, -0.05) is 52.3 Å². The van der Waals surface area contributed by atoms with Crippen LogP contribution in [0.4, 0.5) is 4.39 Å². The highest BCUT2D eigenvalue weighted by molar-refractivity contribution is 9.10. The fraction of sp³-hybridized carbons (Fsp3) is 0.333. The van der Waals surface area contributed by atoms with Gasteiger partial charge in [-0.25, -0.2) is 4.39 Å². The number of benzene rings is 2. The molecule has 0 bridgehead atoms. The molecular weight excluding hydrogens is 329 g/mol. The maximum Gasteiger partial charge on any atom is 0.114 e. The summed E-state index contributed by atoms with van der Waals surface area (Å²) in [5, 5.41) is 0. The Morgan fingerprint density at radius 1 is 1.19 bits per heavy atom. The van der Waals surface area contributed by atoms with E-state index in [1.807, 2.05) is 0 Å². The van der Waals surface area contributed by atoms with E-state index < -0.39 is 6.17 Å². The minimum absolute atomic E-state index is 0.576. The van der Waals surface area contributed by atoms with Crippen molar-refractivity contribution in [1.29, 1.82) is 0 Å². The number of nitrogens with zero attached hydrogens (tertiary/aromatic N) is 1. The molecular formula is C18H19BrFN. The zero-order chi connectivity index (χ0) is 14.8. The van der Waals surface area contributed by atoms with Gasteiger partial charge >= 0.3 is 0 Å². The lowest BCUT2D eigenvalue weighted by Crippen LogP contribution is -2.20. The average molecular weight is 348 g/mol. The lowest BCUT2D eigenvalue weighted by molar-refractivity contribution is 0.282. The van der Waals surface area contributed by atoms with Gasteiger partial charge in [0.15, 0.2) is 0 Å². The molecule has 1 fully saturated rings. The minimum atomic E-state index is -0.645. The predicted molar refractivity (Wildman–Crippen MR) is 89.1 cm³/mol. The van der Waals surface area contributed by atoms with Crippen molar-refractivity contribution in [2.45, 2.75) is 26.1 Å². The molecule has 0 radical (unpaired) electrons. The predicted octanol–water partition coefficient (Wildman–Crippen LogP) is 4.97. The van der Waals surface area contributed by atoms with E-state index in [-0.39, 0.29) is 0 Å². The van der Waals surface area contributed by atoms with Crippen molar-refractivity contribution in [3.8, 4) is 11.1 Å². The van der Waals surface area contributed by atoms with Crippen molar-refractivity contribution in [1.82, 2.24) is 4.90 Å². The third kappa shape index (κ3) is 3.35. The van der Waals surface area contributed by atoms with Gasteiger partial charge in [-0.3, -0.25) is 4.90 Å². The summed E-state index contributed by atoms with van der Waals surface area (Å²) in [5.41, 5.74) is 4.98. The van der Waals surface area contributed by atoms with Gasteiger partial charge in [0.1, 0.15) is 6.17 Å². The highest BCUT2D eigenvalue weighted by Crippen LogP contribution is 2.29. The average Bonchev–Trinajstić information content (AvgIpc) is 2.88. The van der Waals surface area contributed by atoms with Crippen LogP contribution in [0.3, 0.4) is 0 Å². The van der Waals surface area contributed by atoms with Crippen molar-refractivity contribution in [2.75, 3.05) is 13.1 Å². The van der Waals surface area contributed by atoms with E-state index in [2.05, 4.69) is 70.2 Å². The van der Waals surface area contributed by atoms with Crippen LogP contribution >= 0.6 is 15.9 Å². The summed E-state index contributed by atoms with van der Waals surface area (Å²) in [5.74, 6) is 0. The molecule has 3 rings (SSSR count). The molecule has 1 aliphatic rings. The molecule has 1 saturated heterocycles. The fourth-order valence-corrected chi connectivity index (χ4v) is 3.26. The molecule has 0 spiro atoms. The standard InChI is InChI=1S/C18H19BrFN/c1-13-17(3-2-4-18(13)19)15-7-5-14(6-8-15)11-21-10-9-16(20)12-21/h2-8,16H,9-12H2,1H3. The Bertz CT molecular complexity index is 624. The molecule has 3 heteroatoms. The van der Waals surface area contributed by atoms with Crippen LogP contribution in [0.1, 0.15) is 17.5 Å². The van der Waals surface area contributed by atoms with Gasteiger partial charge < -0.3 is 0 Å². The molecule has 0 aliphatic carbocycles. The highest BCUT2D eigenvalue weighted by atomic mass is 79.9. The Labute approximate surface area is 133 Å². The summed E-state index contributed by atoms with van der Waals surface area (Å²) in [6, 6.07) is 14.9. The van der Waals surface area contributed by atoms with Gasteiger partial charge in [-0.2, -0.15) is 0 Å². The van der Waals surface area contributed by atoms with Crippen LogP contribution < -0.4 is 0 Å². The third-order valence-corrected chi connectivity index (χ3v) is 5.01. The van der Waals surface area contributed by atoms with Gasteiger partial charge in [0.25, 0.3) is 0 Å². The van der Waals surface area contributed by atoms with Crippen LogP contribution in [-0.2, 0) is 6.54 Å². The molecule has 110 valence electrons. The summed E-state index contributed by atoms with van der Waals surface area (Å²) < 4.78 is 14.3. The summed E-state index contributed by atoms with van der Waals surface area (Å²) in [6.07, 6.45) is 0.0311. The molecule has 1 heterocycles. The number of rotatable bonds is 3.